The Balaban J connectivity index is 1.27. The van der Waals surface area contributed by atoms with Gasteiger partial charge in [-0.1, -0.05) is 17.3 Å². The molecule has 0 spiro atoms. The molecule has 0 saturated carbocycles. The number of hydrogen-bond donors (Lipinski definition) is 0. The van der Waals surface area contributed by atoms with Crippen molar-refractivity contribution in [3.8, 4) is 17.1 Å². The van der Waals surface area contributed by atoms with Crippen LogP contribution in [0.3, 0.4) is 0 Å². The second-order valence-electron chi connectivity index (χ2n) is 7.33. The highest BCUT2D eigenvalue weighted by molar-refractivity contribution is 5.72. The summed E-state index contributed by atoms with van der Waals surface area (Å²) in [5.41, 5.74) is 2.67. The molecule has 7 nitrogen and oxygen atoms in total. The van der Waals surface area contributed by atoms with Crippen molar-refractivity contribution >= 4 is 11.1 Å². The molecule has 2 aromatic carbocycles. The van der Waals surface area contributed by atoms with E-state index in [0.717, 1.165) is 54.2 Å². The molecule has 0 unspecified atom stereocenters. The summed E-state index contributed by atoms with van der Waals surface area (Å²) in [5, 5.41) is 4.13. The van der Waals surface area contributed by atoms with Gasteiger partial charge in [0.25, 0.3) is 0 Å². The van der Waals surface area contributed by atoms with E-state index in [9.17, 15) is 0 Å². The number of rotatable bonds is 5. The zero-order chi connectivity index (χ0) is 19.6. The number of benzene rings is 2. The number of aromatic nitrogens is 3. The molecule has 1 fully saturated rings. The van der Waals surface area contributed by atoms with Crippen molar-refractivity contribution in [2.24, 2.45) is 0 Å². The van der Waals surface area contributed by atoms with E-state index >= 15 is 0 Å². The first-order chi connectivity index (χ1) is 14.3. The lowest BCUT2D eigenvalue weighted by molar-refractivity contribution is 0.167. The van der Waals surface area contributed by atoms with Crippen molar-refractivity contribution in [2.45, 2.75) is 25.3 Å². The smallest absolute Gasteiger partial charge is 0.241 e. The summed E-state index contributed by atoms with van der Waals surface area (Å²) in [6.45, 7) is 2.49. The van der Waals surface area contributed by atoms with Crippen LogP contribution in [0.4, 0.5) is 0 Å². The van der Waals surface area contributed by atoms with Gasteiger partial charge >= 0.3 is 0 Å². The SMILES string of the molecule is COc1ccc(-c2noc(CN3CCC[C@H](c4nc5ccccc5o4)C3)n2)cc1. The van der Waals surface area contributed by atoms with Crippen LogP contribution in [0.1, 0.15) is 30.5 Å². The highest BCUT2D eigenvalue weighted by atomic mass is 16.5. The minimum absolute atomic E-state index is 0.278. The van der Waals surface area contributed by atoms with Gasteiger partial charge < -0.3 is 13.7 Å². The van der Waals surface area contributed by atoms with Crippen molar-refractivity contribution in [1.82, 2.24) is 20.0 Å². The first kappa shape index (κ1) is 17.9. The zero-order valence-corrected chi connectivity index (χ0v) is 16.2. The molecule has 0 radical (unpaired) electrons. The second-order valence-corrected chi connectivity index (χ2v) is 7.33. The standard InChI is InChI=1S/C22H22N4O3/c1-27-17-10-8-15(9-11-17)21-24-20(29-25-21)14-26-12-4-5-16(13-26)22-23-18-6-2-3-7-19(18)28-22/h2-3,6-11,16H,4-5,12-14H2,1H3/t16-/m0/s1. The Morgan fingerprint density at radius 3 is 2.79 bits per heavy atom. The molecular weight excluding hydrogens is 368 g/mol. The third-order valence-electron chi connectivity index (χ3n) is 5.34. The molecule has 0 aliphatic carbocycles. The fraction of sp³-hybridized carbons (Fsp3) is 0.318. The lowest BCUT2D eigenvalue weighted by atomic mass is 9.98. The van der Waals surface area contributed by atoms with Crippen molar-refractivity contribution in [3.05, 3.63) is 60.3 Å². The van der Waals surface area contributed by atoms with Gasteiger partial charge in [0.2, 0.25) is 11.7 Å². The fourth-order valence-corrected chi connectivity index (χ4v) is 3.83. The molecule has 29 heavy (non-hydrogen) atoms. The molecule has 5 rings (SSSR count). The molecule has 148 valence electrons. The fourth-order valence-electron chi connectivity index (χ4n) is 3.83. The van der Waals surface area contributed by atoms with E-state index in [0.29, 0.717) is 18.3 Å². The molecule has 0 N–H and O–H groups in total. The summed E-state index contributed by atoms with van der Waals surface area (Å²) in [5.74, 6) is 3.11. The molecule has 0 bridgehead atoms. The van der Waals surface area contributed by atoms with E-state index in [1.165, 1.54) is 0 Å². The molecular formula is C22H22N4O3. The Morgan fingerprint density at radius 1 is 1.10 bits per heavy atom. The van der Waals surface area contributed by atoms with Crippen LogP contribution in [0, 0.1) is 0 Å². The van der Waals surface area contributed by atoms with Gasteiger partial charge in [0.1, 0.15) is 11.3 Å². The van der Waals surface area contributed by atoms with E-state index < -0.39 is 0 Å². The van der Waals surface area contributed by atoms with Gasteiger partial charge in [0.15, 0.2) is 11.5 Å². The van der Waals surface area contributed by atoms with E-state index in [1.807, 2.05) is 48.5 Å². The first-order valence-electron chi connectivity index (χ1n) is 9.83. The predicted octanol–water partition coefficient (Wildman–Crippen LogP) is 4.27. The first-order valence-corrected chi connectivity index (χ1v) is 9.83. The van der Waals surface area contributed by atoms with Crippen molar-refractivity contribution in [2.75, 3.05) is 20.2 Å². The Hall–Kier alpha value is -3.19. The molecule has 0 amide bonds. The largest absolute Gasteiger partial charge is 0.497 e. The maximum Gasteiger partial charge on any atom is 0.241 e. The maximum absolute atomic E-state index is 5.99. The van der Waals surface area contributed by atoms with Crippen LogP contribution < -0.4 is 4.74 Å². The molecule has 1 saturated heterocycles. The van der Waals surface area contributed by atoms with Crippen LogP contribution in [0.2, 0.25) is 0 Å². The maximum atomic E-state index is 5.99. The molecule has 7 heteroatoms. The zero-order valence-electron chi connectivity index (χ0n) is 16.2. The van der Waals surface area contributed by atoms with Crippen molar-refractivity contribution in [3.63, 3.8) is 0 Å². The van der Waals surface area contributed by atoms with Gasteiger partial charge in [-0.3, -0.25) is 4.90 Å². The molecule has 3 heterocycles. The van der Waals surface area contributed by atoms with Gasteiger partial charge in [0, 0.05) is 18.0 Å². The van der Waals surface area contributed by atoms with E-state index in [4.69, 9.17) is 13.7 Å². The number of hydrogen-bond acceptors (Lipinski definition) is 7. The Morgan fingerprint density at radius 2 is 1.97 bits per heavy atom. The van der Waals surface area contributed by atoms with Gasteiger partial charge in [-0.2, -0.15) is 4.98 Å². The highest BCUT2D eigenvalue weighted by Crippen LogP contribution is 2.29. The number of likely N-dealkylation sites (tertiary alicyclic amines) is 1. The predicted molar refractivity (Wildman–Crippen MR) is 108 cm³/mol. The minimum Gasteiger partial charge on any atom is -0.497 e. The summed E-state index contributed by atoms with van der Waals surface area (Å²) in [6.07, 6.45) is 2.16. The van der Waals surface area contributed by atoms with Crippen LogP contribution in [0.5, 0.6) is 5.75 Å². The van der Waals surface area contributed by atoms with E-state index in [-0.39, 0.29) is 5.92 Å². The summed E-state index contributed by atoms with van der Waals surface area (Å²) in [6, 6.07) is 15.5. The highest BCUT2D eigenvalue weighted by Gasteiger charge is 2.26. The minimum atomic E-state index is 0.278. The van der Waals surface area contributed by atoms with Gasteiger partial charge in [0.05, 0.1) is 13.7 Å². The lowest BCUT2D eigenvalue weighted by Crippen LogP contribution is -2.34. The average Bonchev–Trinajstić information content (AvgIpc) is 3.41. The van der Waals surface area contributed by atoms with Crippen LogP contribution in [0.15, 0.2) is 57.5 Å². The number of fused-ring (bicyclic) bond motifs is 1. The quantitative estimate of drug-likeness (QED) is 0.504. The number of nitrogens with zero attached hydrogens (tertiary/aromatic N) is 4. The Kier molecular flexibility index (Phi) is 4.73. The summed E-state index contributed by atoms with van der Waals surface area (Å²) in [4.78, 5) is 11.6. The van der Waals surface area contributed by atoms with Gasteiger partial charge in [-0.05, 0) is 55.8 Å². The van der Waals surface area contributed by atoms with E-state index in [1.54, 1.807) is 7.11 Å². The molecule has 1 aliphatic heterocycles. The summed E-state index contributed by atoms with van der Waals surface area (Å²) >= 11 is 0. The third-order valence-corrected chi connectivity index (χ3v) is 5.34. The monoisotopic (exact) mass is 390 g/mol. The number of oxazole rings is 1. The Bertz CT molecular complexity index is 1070. The number of para-hydroxylation sites is 2. The number of piperidine rings is 1. The van der Waals surface area contributed by atoms with Gasteiger partial charge in [-0.25, -0.2) is 4.98 Å². The van der Waals surface area contributed by atoms with Crippen LogP contribution in [0.25, 0.3) is 22.5 Å². The molecule has 4 aromatic rings. The lowest BCUT2D eigenvalue weighted by Gasteiger charge is -2.29. The second kappa shape index (κ2) is 7.67. The van der Waals surface area contributed by atoms with Crippen LogP contribution in [-0.4, -0.2) is 40.2 Å². The number of ether oxygens (including phenoxy) is 1. The third kappa shape index (κ3) is 3.73. The topological polar surface area (TPSA) is 77.4 Å². The van der Waals surface area contributed by atoms with Crippen molar-refractivity contribution in [1.29, 1.82) is 0 Å². The molecule has 1 aliphatic rings. The Labute approximate surface area is 168 Å². The number of methoxy groups -OCH3 is 1. The average molecular weight is 390 g/mol. The summed E-state index contributed by atoms with van der Waals surface area (Å²) in [7, 11) is 1.65. The van der Waals surface area contributed by atoms with Gasteiger partial charge in [-0.15, -0.1) is 0 Å². The normalized spacial score (nSPS) is 17.6. The van der Waals surface area contributed by atoms with E-state index in [2.05, 4.69) is 20.0 Å². The van der Waals surface area contributed by atoms with Crippen LogP contribution in [-0.2, 0) is 6.54 Å². The summed E-state index contributed by atoms with van der Waals surface area (Å²) < 4.78 is 16.7. The molecule has 1 atom stereocenters. The molecule has 2 aromatic heterocycles. The van der Waals surface area contributed by atoms with Crippen molar-refractivity contribution < 1.29 is 13.7 Å². The van der Waals surface area contributed by atoms with Crippen LogP contribution >= 0.6 is 0 Å².